The van der Waals surface area contributed by atoms with Crippen molar-refractivity contribution in [2.45, 2.75) is 52.6 Å². The van der Waals surface area contributed by atoms with Gasteiger partial charge in [0, 0.05) is 0 Å². The lowest BCUT2D eigenvalue weighted by Gasteiger charge is -2.25. The summed E-state index contributed by atoms with van der Waals surface area (Å²) in [5.74, 6) is -2.03. The van der Waals surface area contributed by atoms with E-state index in [9.17, 15) is 19.5 Å². The number of nitrogens with two attached hydrogens (primary N) is 1. The molecule has 0 aromatic rings. The second kappa shape index (κ2) is 9.33. The maximum Gasteiger partial charge on any atom is 0.326 e. The summed E-state index contributed by atoms with van der Waals surface area (Å²) < 4.78 is 0. The zero-order valence-electron chi connectivity index (χ0n) is 13.2. The molecule has 5 N–H and O–H groups in total. The third-order valence-corrected chi connectivity index (χ3v) is 3.32. The molecule has 3 atom stereocenters. The third-order valence-electron chi connectivity index (χ3n) is 3.32. The second-order valence-electron chi connectivity index (χ2n) is 5.66. The standard InChI is InChI=1S/C14H27N3O4/c1-5-9(4)12(14(20)21)17-13(19)10(6-8(2)3)16-11(18)7-15/h8-10,12H,5-7,15H2,1-4H3,(H,16,18)(H,17,19)(H,20,21)/t9-,10-,12-/m0/s1. The average Bonchev–Trinajstić information content (AvgIpc) is 2.41. The van der Waals surface area contributed by atoms with Crippen LogP contribution in [0, 0.1) is 11.8 Å². The van der Waals surface area contributed by atoms with E-state index < -0.39 is 29.9 Å². The van der Waals surface area contributed by atoms with Crippen LogP contribution in [0.15, 0.2) is 0 Å². The highest BCUT2D eigenvalue weighted by molar-refractivity contribution is 5.90. The summed E-state index contributed by atoms with van der Waals surface area (Å²) in [5, 5.41) is 14.2. The molecule has 0 aliphatic heterocycles. The number of carboxylic acid groups (broad SMARTS) is 1. The van der Waals surface area contributed by atoms with E-state index in [1.807, 2.05) is 20.8 Å². The summed E-state index contributed by atoms with van der Waals surface area (Å²) in [7, 11) is 0. The quantitative estimate of drug-likeness (QED) is 0.481. The highest BCUT2D eigenvalue weighted by Crippen LogP contribution is 2.10. The molecule has 0 bridgehead atoms. The van der Waals surface area contributed by atoms with E-state index in [-0.39, 0.29) is 18.4 Å². The molecule has 7 heteroatoms. The van der Waals surface area contributed by atoms with Gasteiger partial charge in [0.15, 0.2) is 0 Å². The number of carbonyl (C=O) groups is 3. The van der Waals surface area contributed by atoms with Crippen LogP contribution in [-0.2, 0) is 14.4 Å². The van der Waals surface area contributed by atoms with E-state index in [1.54, 1.807) is 6.92 Å². The van der Waals surface area contributed by atoms with Crippen LogP contribution in [0.1, 0.15) is 40.5 Å². The zero-order valence-corrected chi connectivity index (χ0v) is 13.2. The summed E-state index contributed by atoms with van der Waals surface area (Å²) in [6.07, 6.45) is 1.05. The molecule has 0 fully saturated rings. The van der Waals surface area contributed by atoms with Crippen molar-refractivity contribution in [1.29, 1.82) is 0 Å². The highest BCUT2D eigenvalue weighted by atomic mass is 16.4. The Morgan fingerprint density at radius 1 is 1.14 bits per heavy atom. The van der Waals surface area contributed by atoms with E-state index in [0.29, 0.717) is 12.8 Å². The first-order valence-electron chi connectivity index (χ1n) is 7.25. The molecule has 0 aliphatic rings. The maximum atomic E-state index is 12.2. The number of amides is 2. The number of nitrogens with one attached hydrogen (secondary N) is 2. The lowest BCUT2D eigenvalue weighted by atomic mass is 9.97. The first kappa shape index (κ1) is 19.4. The molecule has 0 saturated carbocycles. The minimum Gasteiger partial charge on any atom is -0.480 e. The van der Waals surface area contributed by atoms with Crippen LogP contribution in [0.5, 0.6) is 0 Å². The monoisotopic (exact) mass is 301 g/mol. The van der Waals surface area contributed by atoms with Crippen molar-refractivity contribution < 1.29 is 19.5 Å². The Hall–Kier alpha value is -1.63. The molecule has 7 nitrogen and oxygen atoms in total. The highest BCUT2D eigenvalue weighted by Gasteiger charge is 2.29. The van der Waals surface area contributed by atoms with Crippen LogP contribution in [0.2, 0.25) is 0 Å². The van der Waals surface area contributed by atoms with Gasteiger partial charge in [-0.1, -0.05) is 34.1 Å². The Labute approximate surface area is 125 Å². The van der Waals surface area contributed by atoms with Crippen molar-refractivity contribution in [2.24, 2.45) is 17.6 Å². The number of carbonyl (C=O) groups excluding carboxylic acids is 2. The van der Waals surface area contributed by atoms with Gasteiger partial charge < -0.3 is 21.5 Å². The molecule has 0 radical (unpaired) electrons. The predicted molar refractivity (Wildman–Crippen MR) is 79.5 cm³/mol. The Morgan fingerprint density at radius 2 is 1.71 bits per heavy atom. The van der Waals surface area contributed by atoms with Gasteiger partial charge in [-0.3, -0.25) is 9.59 Å². The van der Waals surface area contributed by atoms with Gasteiger partial charge in [0.25, 0.3) is 0 Å². The van der Waals surface area contributed by atoms with Gasteiger partial charge in [0.2, 0.25) is 11.8 Å². The van der Waals surface area contributed by atoms with Crippen molar-refractivity contribution in [3.05, 3.63) is 0 Å². The number of rotatable bonds is 9. The van der Waals surface area contributed by atoms with Crippen LogP contribution in [-0.4, -0.2) is 41.5 Å². The van der Waals surface area contributed by atoms with Crippen molar-refractivity contribution in [1.82, 2.24) is 10.6 Å². The van der Waals surface area contributed by atoms with Gasteiger partial charge in [0.1, 0.15) is 12.1 Å². The fraction of sp³-hybridized carbons (Fsp3) is 0.786. The molecular formula is C14H27N3O4. The van der Waals surface area contributed by atoms with Gasteiger partial charge in [-0.25, -0.2) is 4.79 Å². The fourth-order valence-corrected chi connectivity index (χ4v) is 1.89. The smallest absolute Gasteiger partial charge is 0.326 e. The normalized spacial score (nSPS) is 15.1. The van der Waals surface area contributed by atoms with E-state index in [4.69, 9.17) is 5.73 Å². The van der Waals surface area contributed by atoms with Crippen LogP contribution in [0.3, 0.4) is 0 Å². The van der Waals surface area contributed by atoms with Crippen molar-refractivity contribution in [3.63, 3.8) is 0 Å². The number of hydrogen-bond donors (Lipinski definition) is 4. The number of hydrogen-bond acceptors (Lipinski definition) is 4. The average molecular weight is 301 g/mol. The first-order chi connectivity index (χ1) is 9.72. The Bertz CT molecular complexity index is 371. The second-order valence-corrected chi connectivity index (χ2v) is 5.66. The van der Waals surface area contributed by atoms with Crippen LogP contribution in [0.4, 0.5) is 0 Å². The molecule has 0 aliphatic carbocycles. The lowest BCUT2D eigenvalue weighted by molar-refractivity contribution is -0.143. The first-order valence-corrected chi connectivity index (χ1v) is 7.25. The van der Waals surface area contributed by atoms with Gasteiger partial charge in [-0.2, -0.15) is 0 Å². The SMILES string of the molecule is CC[C@H](C)[C@H](NC(=O)[C@H](CC(C)C)NC(=O)CN)C(=O)O. The maximum absolute atomic E-state index is 12.2. The van der Waals surface area contributed by atoms with Gasteiger partial charge >= 0.3 is 5.97 Å². The number of carboxylic acids is 1. The summed E-state index contributed by atoms with van der Waals surface area (Å²) in [6, 6.07) is -1.74. The molecular weight excluding hydrogens is 274 g/mol. The fourth-order valence-electron chi connectivity index (χ4n) is 1.89. The van der Waals surface area contributed by atoms with Crippen molar-refractivity contribution in [3.8, 4) is 0 Å². The zero-order chi connectivity index (χ0) is 16.6. The molecule has 21 heavy (non-hydrogen) atoms. The molecule has 0 rings (SSSR count). The topological polar surface area (TPSA) is 122 Å². The molecule has 0 aromatic carbocycles. The molecule has 122 valence electrons. The Balaban J connectivity index is 4.92. The predicted octanol–water partition coefficient (Wildman–Crippen LogP) is 0.0915. The van der Waals surface area contributed by atoms with E-state index in [0.717, 1.165) is 0 Å². The molecule has 0 heterocycles. The summed E-state index contributed by atoms with van der Waals surface area (Å²) in [4.78, 5) is 34.9. The lowest BCUT2D eigenvalue weighted by Crippen LogP contribution is -2.54. The number of aliphatic carboxylic acids is 1. The van der Waals surface area contributed by atoms with Gasteiger partial charge in [-0.15, -0.1) is 0 Å². The Morgan fingerprint density at radius 3 is 2.10 bits per heavy atom. The summed E-state index contributed by atoms with van der Waals surface area (Å²) in [5.41, 5.74) is 5.23. The molecule has 0 spiro atoms. The van der Waals surface area contributed by atoms with Crippen molar-refractivity contribution in [2.75, 3.05) is 6.54 Å². The van der Waals surface area contributed by atoms with Crippen LogP contribution >= 0.6 is 0 Å². The van der Waals surface area contributed by atoms with Crippen molar-refractivity contribution >= 4 is 17.8 Å². The van der Waals surface area contributed by atoms with Crippen LogP contribution in [0.25, 0.3) is 0 Å². The van der Waals surface area contributed by atoms with Crippen LogP contribution < -0.4 is 16.4 Å². The minimum absolute atomic E-state index is 0.172. The third kappa shape index (κ3) is 7.08. The van der Waals surface area contributed by atoms with E-state index in [2.05, 4.69) is 10.6 Å². The molecule has 0 unspecified atom stereocenters. The Kier molecular flexibility index (Phi) is 8.61. The molecule has 0 aromatic heterocycles. The van der Waals surface area contributed by atoms with E-state index >= 15 is 0 Å². The minimum atomic E-state index is -1.08. The van der Waals surface area contributed by atoms with Gasteiger partial charge in [0.05, 0.1) is 6.54 Å². The summed E-state index contributed by atoms with van der Waals surface area (Å²) in [6.45, 7) is 7.23. The summed E-state index contributed by atoms with van der Waals surface area (Å²) >= 11 is 0. The molecule has 2 amide bonds. The largest absolute Gasteiger partial charge is 0.480 e. The van der Waals surface area contributed by atoms with Gasteiger partial charge in [-0.05, 0) is 18.3 Å². The molecule has 0 saturated heterocycles. The van der Waals surface area contributed by atoms with E-state index in [1.165, 1.54) is 0 Å².